The fraction of sp³-hybridized carbons (Fsp3) is 0.350. The molecule has 4 rings (SSSR count). The van der Waals surface area contributed by atoms with E-state index in [-0.39, 0.29) is 11.5 Å². The van der Waals surface area contributed by atoms with Crippen LogP contribution in [0.2, 0.25) is 0 Å². The molecular formula is C20H22N4O2. The third-order valence-corrected chi connectivity index (χ3v) is 5.16. The minimum atomic E-state index is -0.162. The van der Waals surface area contributed by atoms with Gasteiger partial charge >= 0.3 is 0 Å². The number of hydrogen-bond donors (Lipinski definition) is 2. The van der Waals surface area contributed by atoms with Crippen LogP contribution in [0, 0.1) is 0 Å². The average Bonchev–Trinajstić information content (AvgIpc) is 3.30. The molecule has 26 heavy (non-hydrogen) atoms. The number of anilines is 1. The third kappa shape index (κ3) is 2.92. The molecule has 6 nitrogen and oxygen atoms in total. The SMILES string of the molecule is CCc1c(C(=O)Nc2cccc3[nH]c(=O)ccc23)cnn1C1CCCC1. The first kappa shape index (κ1) is 16.6. The number of amides is 1. The van der Waals surface area contributed by atoms with E-state index in [1.165, 1.54) is 18.9 Å². The largest absolute Gasteiger partial charge is 0.322 e. The monoisotopic (exact) mass is 350 g/mol. The van der Waals surface area contributed by atoms with E-state index in [0.29, 0.717) is 22.8 Å². The summed E-state index contributed by atoms with van der Waals surface area (Å²) < 4.78 is 2.04. The van der Waals surface area contributed by atoms with Crippen molar-refractivity contribution >= 4 is 22.5 Å². The maximum atomic E-state index is 12.9. The van der Waals surface area contributed by atoms with Crippen molar-refractivity contribution in [3.8, 4) is 0 Å². The smallest absolute Gasteiger partial charge is 0.259 e. The Morgan fingerprint density at radius 2 is 2.08 bits per heavy atom. The van der Waals surface area contributed by atoms with Gasteiger partial charge in [-0.25, -0.2) is 0 Å². The van der Waals surface area contributed by atoms with Gasteiger partial charge in [-0.05, 0) is 37.5 Å². The van der Waals surface area contributed by atoms with E-state index in [4.69, 9.17) is 0 Å². The van der Waals surface area contributed by atoms with Crippen LogP contribution in [0.5, 0.6) is 0 Å². The van der Waals surface area contributed by atoms with E-state index in [1.807, 2.05) is 22.9 Å². The standard InChI is InChI=1S/C20H22N4O2/c1-2-18-15(12-21-24(18)13-6-3-4-7-13)20(26)23-17-9-5-8-16-14(17)10-11-19(25)22-16/h5,8-13H,2-4,6-7H2,1H3,(H,22,25)(H,23,26). The lowest BCUT2D eigenvalue weighted by Crippen LogP contribution is -2.16. The van der Waals surface area contributed by atoms with Gasteiger partial charge in [-0.3, -0.25) is 14.3 Å². The third-order valence-electron chi connectivity index (χ3n) is 5.16. The Labute approximate surface area is 151 Å². The summed E-state index contributed by atoms with van der Waals surface area (Å²) in [6, 6.07) is 9.08. The van der Waals surface area contributed by atoms with Gasteiger partial charge in [-0.15, -0.1) is 0 Å². The fourth-order valence-electron chi connectivity index (χ4n) is 3.88. The van der Waals surface area contributed by atoms with Gasteiger partial charge in [0.1, 0.15) is 0 Å². The molecule has 0 radical (unpaired) electrons. The number of aromatic nitrogens is 3. The normalized spacial score (nSPS) is 14.8. The van der Waals surface area contributed by atoms with Crippen LogP contribution in [0.15, 0.2) is 41.3 Å². The Hall–Kier alpha value is -2.89. The number of rotatable bonds is 4. The minimum absolute atomic E-state index is 0.160. The summed E-state index contributed by atoms with van der Waals surface area (Å²) in [5, 5.41) is 8.31. The molecule has 2 heterocycles. The molecule has 1 fully saturated rings. The number of hydrogen-bond acceptors (Lipinski definition) is 3. The number of nitrogens with one attached hydrogen (secondary N) is 2. The Morgan fingerprint density at radius 1 is 1.27 bits per heavy atom. The molecule has 1 aliphatic rings. The van der Waals surface area contributed by atoms with E-state index in [0.717, 1.165) is 30.3 Å². The molecule has 0 spiro atoms. The minimum Gasteiger partial charge on any atom is -0.322 e. The molecule has 2 aromatic heterocycles. The maximum absolute atomic E-state index is 12.9. The van der Waals surface area contributed by atoms with Crippen LogP contribution in [0.25, 0.3) is 10.9 Å². The number of H-pyrrole nitrogens is 1. The Balaban J connectivity index is 1.66. The van der Waals surface area contributed by atoms with Crippen LogP contribution < -0.4 is 10.9 Å². The van der Waals surface area contributed by atoms with Gasteiger partial charge in [-0.1, -0.05) is 25.8 Å². The molecule has 6 heteroatoms. The van der Waals surface area contributed by atoms with E-state index < -0.39 is 0 Å². The summed E-state index contributed by atoms with van der Waals surface area (Å²) >= 11 is 0. The number of pyridine rings is 1. The molecule has 1 aliphatic carbocycles. The predicted octanol–water partition coefficient (Wildman–Crippen LogP) is 3.65. The summed E-state index contributed by atoms with van der Waals surface area (Å²) in [6.07, 6.45) is 7.16. The lowest BCUT2D eigenvalue weighted by molar-refractivity contribution is 0.102. The quantitative estimate of drug-likeness (QED) is 0.754. The maximum Gasteiger partial charge on any atom is 0.259 e. The summed E-state index contributed by atoms with van der Waals surface area (Å²) in [7, 11) is 0. The van der Waals surface area contributed by atoms with Gasteiger partial charge in [0.25, 0.3) is 5.91 Å². The summed E-state index contributed by atoms with van der Waals surface area (Å²) in [4.78, 5) is 27.2. The van der Waals surface area contributed by atoms with Gasteiger partial charge in [0.05, 0.1) is 34.7 Å². The zero-order valence-corrected chi connectivity index (χ0v) is 14.8. The molecule has 0 atom stereocenters. The van der Waals surface area contributed by atoms with E-state index in [1.54, 1.807) is 12.3 Å². The van der Waals surface area contributed by atoms with Crippen LogP contribution in [0.3, 0.4) is 0 Å². The number of carbonyl (C=O) groups is 1. The van der Waals surface area contributed by atoms with Crippen molar-refractivity contribution in [1.82, 2.24) is 14.8 Å². The highest BCUT2D eigenvalue weighted by molar-refractivity contribution is 6.09. The second kappa shape index (κ2) is 6.78. The van der Waals surface area contributed by atoms with Crippen molar-refractivity contribution in [1.29, 1.82) is 0 Å². The number of benzene rings is 1. The second-order valence-electron chi connectivity index (χ2n) is 6.78. The first-order valence-electron chi connectivity index (χ1n) is 9.17. The molecule has 0 aliphatic heterocycles. The zero-order valence-electron chi connectivity index (χ0n) is 14.8. The van der Waals surface area contributed by atoms with Gasteiger partial charge in [0, 0.05) is 11.5 Å². The van der Waals surface area contributed by atoms with Crippen molar-refractivity contribution in [3.63, 3.8) is 0 Å². The number of aromatic amines is 1. The molecular weight excluding hydrogens is 328 g/mol. The second-order valence-corrected chi connectivity index (χ2v) is 6.78. The van der Waals surface area contributed by atoms with Crippen LogP contribution in [0.4, 0.5) is 5.69 Å². The number of fused-ring (bicyclic) bond motifs is 1. The molecule has 1 saturated carbocycles. The Bertz CT molecular complexity index is 1010. The van der Waals surface area contributed by atoms with Gasteiger partial charge in [-0.2, -0.15) is 5.10 Å². The van der Waals surface area contributed by atoms with Gasteiger partial charge in [0.15, 0.2) is 0 Å². The first-order chi connectivity index (χ1) is 12.7. The van der Waals surface area contributed by atoms with Crippen molar-refractivity contribution in [2.45, 2.75) is 45.1 Å². The summed E-state index contributed by atoms with van der Waals surface area (Å²) in [5.41, 5.74) is 2.84. The lowest BCUT2D eigenvalue weighted by atomic mass is 10.1. The highest BCUT2D eigenvalue weighted by atomic mass is 16.1. The average molecular weight is 350 g/mol. The molecule has 0 saturated heterocycles. The molecule has 0 bridgehead atoms. The summed E-state index contributed by atoms with van der Waals surface area (Å²) in [6.45, 7) is 2.06. The fourth-order valence-corrected chi connectivity index (χ4v) is 3.88. The van der Waals surface area contributed by atoms with Gasteiger partial charge in [0.2, 0.25) is 5.56 Å². The van der Waals surface area contributed by atoms with Gasteiger partial charge < -0.3 is 10.3 Å². The zero-order chi connectivity index (χ0) is 18.1. The highest BCUT2D eigenvalue weighted by Crippen LogP contribution is 2.31. The Kier molecular flexibility index (Phi) is 4.32. The van der Waals surface area contributed by atoms with Crippen LogP contribution >= 0.6 is 0 Å². The van der Waals surface area contributed by atoms with E-state index in [2.05, 4.69) is 22.3 Å². The molecule has 2 N–H and O–H groups in total. The van der Waals surface area contributed by atoms with Crippen molar-refractivity contribution in [2.75, 3.05) is 5.32 Å². The van der Waals surface area contributed by atoms with Crippen molar-refractivity contribution in [2.24, 2.45) is 0 Å². The molecule has 134 valence electrons. The summed E-state index contributed by atoms with van der Waals surface area (Å²) in [5.74, 6) is -0.162. The van der Waals surface area contributed by atoms with Crippen LogP contribution in [-0.2, 0) is 6.42 Å². The van der Waals surface area contributed by atoms with E-state index in [9.17, 15) is 9.59 Å². The van der Waals surface area contributed by atoms with Crippen LogP contribution in [-0.4, -0.2) is 20.7 Å². The predicted molar refractivity (Wildman–Crippen MR) is 102 cm³/mol. The molecule has 1 amide bonds. The van der Waals surface area contributed by atoms with Crippen molar-refractivity contribution in [3.05, 3.63) is 58.1 Å². The highest BCUT2D eigenvalue weighted by Gasteiger charge is 2.24. The number of nitrogens with zero attached hydrogens (tertiary/aromatic N) is 2. The molecule has 3 aromatic rings. The van der Waals surface area contributed by atoms with Crippen LogP contribution in [0.1, 0.15) is 54.7 Å². The van der Waals surface area contributed by atoms with E-state index >= 15 is 0 Å². The number of carbonyl (C=O) groups excluding carboxylic acids is 1. The lowest BCUT2D eigenvalue weighted by Gasteiger charge is -2.14. The Morgan fingerprint density at radius 3 is 2.85 bits per heavy atom. The molecule has 1 aromatic carbocycles. The topological polar surface area (TPSA) is 79.8 Å². The first-order valence-corrected chi connectivity index (χ1v) is 9.17. The van der Waals surface area contributed by atoms with Crippen molar-refractivity contribution < 1.29 is 4.79 Å². The molecule has 0 unspecified atom stereocenters.